The van der Waals surface area contributed by atoms with Gasteiger partial charge < -0.3 is 24.5 Å². The Bertz CT molecular complexity index is 2020. The number of nitrogens with one attached hydrogen (secondary N) is 2. The Hall–Kier alpha value is -5.59. The summed E-state index contributed by atoms with van der Waals surface area (Å²) in [5, 5.41) is 16.1. The molecule has 47 heavy (non-hydrogen) atoms. The van der Waals surface area contributed by atoms with Crippen LogP contribution in [0.15, 0.2) is 77.2 Å². The van der Waals surface area contributed by atoms with Crippen molar-refractivity contribution in [2.75, 3.05) is 37.9 Å². The van der Waals surface area contributed by atoms with Crippen LogP contribution in [0.2, 0.25) is 0 Å². The molecule has 0 bridgehead atoms. The van der Waals surface area contributed by atoms with Crippen molar-refractivity contribution < 1.29 is 23.5 Å². The van der Waals surface area contributed by atoms with E-state index in [2.05, 4.69) is 15.5 Å². The molecule has 0 radical (unpaired) electrons. The highest BCUT2D eigenvalue weighted by molar-refractivity contribution is 6.12. The minimum Gasteiger partial charge on any atom is -0.493 e. The summed E-state index contributed by atoms with van der Waals surface area (Å²) >= 11 is 0. The molecule has 4 aromatic carbocycles. The van der Waals surface area contributed by atoms with Gasteiger partial charge in [-0.1, -0.05) is 18.2 Å². The van der Waals surface area contributed by atoms with Crippen molar-refractivity contribution in [3.8, 4) is 17.6 Å². The summed E-state index contributed by atoms with van der Waals surface area (Å²) in [5.74, 6) is 1.62. The number of carbonyl (C=O) groups excluding carboxylic acids is 2. The lowest BCUT2D eigenvalue weighted by Gasteiger charge is -2.26. The Morgan fingerprint density at radius 2 is 1.66 bits per heavy atom. The number of fused-ring (bicyclic) bond motifs is 3. The number of nitrogens with zero attached hydrogens (tertiary/aromatic N) is 2. The molecule has 6 rings (SSSR count). The van der Waals surface area contributed by atoms with Crippen LogP contribution in [0, 0.1) is 25.2 Å². The fourth-order valence-electron chi connectivity index (χ4n) is 5.94. The van der Waals surface area contributed by atoms with Crippen molar-refractivity contribution >= 4 is 34.2 Å². The average Bonchev–Trinajstić information content (AvgIpc) is 3.45. The van der Waals surface area contributed by atoms with Gasteiger partial charge in [-0.05, 0) is 91.9 Å². The Kier molecular flexibility index (Phi) is 8.96. The fourth-order valence-corrected chi connectivity index (χ4v) is 5.94. The molecule has 0 aliphatic carbocycles. The SMILES string of the molecule is COc1cc2oc3c(c2cc1OC)CCN(CCc1ccc(NC(=O)c2cc(C)c(C)cc2NC(=O)c2cccc(C#N)c2)cc1)C3. The molecule has 0 unspecified atom stereocenters. The molecule has 9 heteroatoms. The van der Waals surface area contributed by atoms with Gasteiger partial charge in [0.2, 0.25) is 0 Å². The molecule has 0 spiro atoms. The first-order valence-corrected chi connectivity index (χ1v) is 15.5. The number of benzene rings is 4. The lowest BCUT2D eigenvalue weighted by atomic mass is 10.0. The zero-order valence-corrected chi connectivity index (χ0v) is 26.9. The minimum absolute atomic E-state index is 0.327. The maximum atomic E-state index is 13.4. The van der Waals surface area contributed by atoms with Crippen molar-refractivity contribution in [1.82, 2.24) is 4.90 Å². The predicted octanol–water partition coefficient (Wildman–Crippen LogP) is 7.04. The quantitative estimate of drug-likeness (QED) is 0.180. The number of ether oxygens (including phenoxy) is 2. The monoisotopic (exact) mass is 628 g/mol. The highest BCUT2D eigenvalue weighted by Gasteiger charge is 2.24. The van der Waals surface area contributed by atoms with Crippen LogP contribution in [-0.2, 0) is 19.4 Å². The molecule has 0 atom stereocenters. The molecule has 0 saturated carbocycles. The molecule has 0 fully saturated rings. The number of aryl methyl sites for hydroxylation is 2. The molecule has 1 aliphatic rings. The van der Waals surface area contributed by atoms with Crippen LogP contribution < -0.4 is 20.1 Å². The number of hydrogen-bond donors (Lipinski definition) is 2. The van der Waals surface area contributed by atoms with Crippen molar-refractivity contribution in [2.45, 2.75) is 33.2 Å². The largest absolute Gasteiger partial charge is 0.493 e. The minimum atomic E-state index is -0.394. The zero-order chi connectivity index (χ0) is 33.1. The molecule has 1 aromatic heterocycles. The number of hydrogen-bond acceptors (Lipinski definition) is 7. The van der Waals surface area contributed by atoms with Gasteiger partial charge in [-0.3, -0.25) is 14.5 Å². The normalized spacial score (nSPS) is 12.7. The number of anilines is 2. The third-order valence-corrected chi connectivity index (χ3v) is 8.73. The summed E-state index contributed by atoms with van der Waals surface area (Å²) in [4.78, 5) is 28.8. The molecule has 238 valence electrons. The average molecular weight is 629 g/mol. The van der Waals surface area contributed by atoms with Gasteiger partial charge in [0.05, 0.1) is 43.6 Å². The van der Waals surface area contributed by atoms with E-state index in [0.717, 1.165) is 65.9 Å². The summed E-state index contributed by atoms with van der Waals surface area (Å²) in [6.07, 6.45) is 1.75. The maximum absolute atomic E-state index is 13.4. The smallest absolute Gasteiger partial charge is 0.257 e. The van der Waals surface area contributed by atoms with E-state index in [0.29, 0.717) is 39.6 Å². The van der Waals surface area contributed by atoms with Crippen LogP contribution >= 0.6 is 0 Å². The van der Waals surface area contributed by atoms with Crippen LogP contribution in [0.5, 0.6) is 11.5 Å². The van der Waals surface area contributed by atoms with Crippen LogP contribution in [-0.4, -0.2) is 44.0 Å². The van der Waals surface area contributed by atoms with Crippen LogP contribution in [0.4, 0.5) is 11.4 Å². The second-order valence-electron chi connectivity index (χ2n) is 11.8. The third-order valence-electron chi connectivity index (χ3n) is 8.73. The van der Waals surface area contributed by atoms with E-state index in [1.165, 1.54) is 11.6 Å². The van der Waals surface area contributed by atoms with E-state index in [9.17, 15) is 14.9 Å². The molecule has 5 aromatic rings. The standard InChI is InChI=1S/C38H36N4O5/c1-23-16-31(32(17-24(23)2)41-37(43)27-7-5-6-26(18-27)21-39)38(44)40-28-10-8-25(9-11-28)12-14-42-15-13-29-30-19-34(45-3)35(46-4)20-33(30)47-36(29)22-42/h5-11,16-20H,12-15,22H2,1-4H3,(H,40,44)(H,41,43). The van der Waals surface area contributed by atoms with E-state index in [1.54, 1.807) is 44.6 Å². The molecule has 1 aliphatic heterocycles. The topological polar surface area (TPSA) is 117 Å². The van der Waals surface area contributed by atoms with Gasteiger partial charge in [0, 0.05) is 41.4 Å². The maximum Gasteiger partial charge on any atom is 0.257 e. The molecule has 0 saturated heterocycles. The molecule has 2 amide bonds. The number of carbonyl (C=O) groups is 2. The van der Waals surface area contributed by atoms with Crippen LogP contribution in [0.25, 0.3) is 11.0 Å². The lowest BCUT2D eigenvalue weighted by molar-refractivity contribution is 0.102. The summed E-state index contributed by atoms with van der Waals surface area (Å²) in [7, 11) is 3.26. The van der Waals surface area contributed by atoms with Crippen molar-refractivity contribution in [1.29, 1.82) is 5.26 Å². The Morgan fingerprint density at radius 1 is 0.915 bits per heavy atom. The van der Waals surface area contributed by atoms with Crippen molar-refractivity contribution in [2.24, 2.45) is 0 Å². The van der Waals surface area contributed by atoms with Gasteiger partial charge >= 0.3 is 0 Å². The summed E-state index contributed by atoms with van der Waals surface area (Å²) in [6, 6.07) is 23.8. The molecule has 9 nitrogen and oxygen atoms in total. The first kappa shape index (κ1) is 31.4. The number of amides is 2. The van der Waals surface area contributed by atoms with Crippen LogP contribution in [0.3, 0.4) is 0 Å². The third kappa shape index (κ3) is 6.69. The highest BCUT2D eigenvalue weighted by Crippen LogP contribution is 2.38. The van der Waals surface area contributed by atoms with Crippen molar-refractivity contribution in [3.63, 3.8) is 0 Å². The number of rotatable bonds is 9. The van der Waals surface area contributed by atoms with Gasteiger partial charge in [0.15, 0.2) is 11.5 Å². The fraction of sp³-hybridized carbons (Fsp3) is 0.237. The second-order valence-corrected chi connectivity index (χ2v) is 11.8. The first-order chi connectivity index (χ1) is 22.8. The Balaban J connectivity index is 1.09. The van der Waals surface area contributed by atoms with Gasteiger partial charge in [-0.25, -0.2) is 0 Å². The lowest BCUT2D eigenvalue weighted by Crippen LogP contribution is -2.31. The van der Waals surface area contributed by atoms with Gasteiger partial charge in [0.1, 0.15) is 11.3 Å². The molecule has 2 N–H and O–H groups in total. The molecular formula is C38H36N4O5. The number of methoxy groups -OCH3 is 2. The van der Waals surface area contributed by atoms with E-state index in [1.807, 2.05) is 56.3 Å². The molecule has 2 heterocycles. The first-order valence-electron chi connectivity index (χ1n) is 15.5. The summed E-state index contributed by atoms with van der Waals surface area (Å²) in [6.45, 7) is 6.40. The van der Waals surface area contributed by atoms with Crippen LogP contribution in [0.1, 0.15) is 54.3 Å². The number of furan rings is 1. The summed E-state index contributed by atoms with van der Waals surface area (Å²) in [5.41, 5.74) is 7.23. The van der Waals surface area contributed by atoms with Crippen molar-refractivity contribution in [3.05, 3.63) is 118 Å². The van der Waals surface area contributed by atoms with E-state index < -0.39 is 5.91 Å². The highest BCUT2D eigenvalue weighted by atomic mass is 16.5. The van der Waals surface area contributed by atoms with E-state index in [4.69, 9.17) is 13.9 Å². The number of nitriles is 1. The second kappa shape index (κ2) is 13.4. The zero-order valence-electron chi connectivity index (χ0n) is 26.9. The Morgan fingerprint density at radius 3 is 2.40 bits per heavy atom. The van der Waals surface area contributed by atoms with E-state index in [-0.39, 0.29) is 5.91 Å². The van der Waals surface area contributed by atoms with E-state index >= 15 is 0 Å². The predicted molar refractivity (Wildman–Crippen MR) is 181 cm³/mol. The molecular weight excluding hydrogens is 592 g/mol. The van der Waals surface area contributed by atoms with Gasteiger partial charge in [0.25, 0.3) is 11.8 Å². The Labute approximate surface area is 273 Å². The van der Waals surface area contributed by atoms with Gasteiger partial charge in [-0.2, -0.15) is 5.26 Å². The van der Waals surface area contributed by atoms with Gasteiger partial charge in [-0.15, -0.1) is 0 Å². The summed E-state index contributed by atoms with van der Waals surface area (Å²) < 4.78 is 17.2.